The lowest BCUT2D eigenvalue weighted by Crippen LogP contribution is -2.36. The van der Waals surface area contributed by atoms with E-state index in [1.807, 2.05) is 29.2 Å². The van der Waals surface area contributed by atoms with E-state index in [4.69, 9.17) is 0 Å². The molecule has 1 amide bonds. The fourth-order valence-electron chi connectivity index (χ4n) is 3.48. The molecule has 27 heavy (non-hydrogen) atoms. The van der Waals surface area contributed by atoms with Crippen LogP contribution < -0.4 is 5.56 Å². The Morgan fingerprint density at radius 2 is 1.81 bits per heavy atom. The number of benzene rings is 1. The Balaban J connectivity index is 1.50. The van der Waals surface area contributed by atoms with Gasteiger partial charge in [-0.1, -0.05) is 24.3 Å². The summed E-state index contributed by atoms with van der Waals surface area (Å²) in [6.45, 7) is 3.78. The standard InChI is InChI=1S/C20H21N5O2/c26-19-17-8-2-1-7-16(17)18(22-23-19)20(27)25-11-5-10-24(12-13-25)14-15-6-3-4-9-21-15/h1-4,6-9H,5,10-14H2,(H,23,26). The number of carbonyl (C=O) groups excluding carboxylic acids is 1. The van der Waals surface area contributed by atoms with Crippen molar-refractivity contribution in [1.29, 1.82) is 0 Å². The Hall–Kier alpha value is -3.06. The van der Waals surface area contributed by atoms with Crippen molar-refractivity contribution in [2.24, 2.45) is 0 Å². The molecule has 2 aromatic heterocycles. The summed E-state index contributed by atoms with van der Waals surface area (Å²) < 4.78 is 0. The first-order valence-corrected chi connectivity index (χ1v) is 9.11. The summed E-state index contributed by atoms with van der Waals surface area (Å²) in [5.41, 5.74) is 1.06. The van der Waals surface area contributed by atoms with Crippen LogP contribution in [0.25, 0.3) is 10.8 Å². The monoisotopic (exact) mass is 363 g/mol. The minimum absolute atomic E-state index is 0.137. The molecule has 1 aliphatic heterocycles. The molecule has 4 rings (SSSR count). The van der Waals surface area contributed by atoms with Gasteiger partial charge in [0, 0.05) is 44.3 Å². The Morgan fingerprint density at radius 3 is 2.63 bits per heavy atom. The first-order chi connectivity index (χ1) is 13.2. The van der Waals surface area contributed by atoms with Gasteiger partial charge in [-0.05, 0) is 24.6 Å². The maximum absolute atomic E-state index is 13.1. The van der Waals surface area contributed by atoms with E-state index in [1.54, 1.807) is 24.4 Å². The van der Waals surface area contributed by atoms with Crippen LogP contribution in [0.4, 0.5) is 0 Å². The molecule has 1 aromatic carbocycles. The molecule has 138 valence electrons. The van der Waals surface area contributed by atoms with E-state index in [0.717, 1.165) is 31.7 Å². The van der Waals surface area contributed by atoms with Gasteiger partial charge < -0.3 is 4.90 Å². The van der Waals surface area contributed by atoms with Crippen molar-refractivity contribution < 1.29 is 4.79 Å². The molecule has 1 aliphatic rings. The maximum Gasteiger partial charge on any atom is 0.274 e. The second-order valence-electron chi connectivity index (χ2n) is 6.69. The lowest BCUT2D eigenvalue weighted by molar-refractivity contribution is 0.0756. The molecule has 0 saturated carbocycles. The summed E-state index contributed by atoms with van der Waals surface area (Å²) in [6.07, 6.45) is 2.69. The maximum atomic E-state index is 13.1. The van der Waals surface area contributed by atoms with Crippen molar-refractivity contribution in [3.05, 3.63) is 70.4 Å². The van der Waals surface area contributed by atoms with Crippen molar-refractivity contribution in [2.45, 2.75) is 13.0 Å². The third-order valence-electron chi connectivity index (χ3n) is 4.89. The number of carbonyl (C=O) groups is 1. The second-order valence-corrected chi connectivity index (χ2v) is 6.69. The summed E-state index contributed by atoms with van der Waals surface area (Å²) in [5.74, 6) is -0.137. The number of aromatic nitrogens is 3. The molecule has 3 heterocycles. The number of aromatic amines is 1. The third kappa shape index (κ3) is 3.73. The highest BCUT2D eigenvalue weighted by molar-refractivity contribution is 6.04. The van der Waals surface area contributed by atoms with E-state index in [0.29, 0.717) is 29.6 Å². The number of fused-ring (bicyclic) bond motifs is 1. The molecular weight excluding hydrogens is 342 g/mol. The molecule has 1 N–H and O–H groups in total. The van der Waals surface area contributed by atoms with Crippen LogP contribution >= 0.6 is 0 Å². The van der Waals surface area contributed by atoms with Crippen molar-refractivity contribution >= 4 is 16.7 Å². The average Bonchev–Trinajstić information content (AvgIpc) is 2.94. The van der Waals surface area contributed by atoms with Gasteiger partial charge in [0.2, 0.25) is 0 Å². The Bertz CT molecular complexity index is 1000. The fourth-order valence-corrected chi connectivity index (χ4v) is 3.48. The zero-order valence-electron chi connectivity index (χ0n) is 15.0. The number of amides is 1. The second kappa shape index (κ2) is 7.67. The van der Waals surface area contributed by atoms with Crippen LogP contribution in [-0.4, -0.2) is 57.1 Å². The van der Waals surface area contributed by atoms with Crippen molar-refractivity contribution in [3.63, 3.8) is 0 Å². The van der Waals surface area contributed by atoms with E-state index < -0.39 is 0 Å². The van der Waals surface area contributed by atoms with E-state index in [1.165, 1.54) is 0 Å². The van der Waals surface area contributed by atoms with E-state index in [-0.39, 0.29) is 11.5 Å². The summed E-state index contributed by atoms with van der Waals surface area (Å²) in [7, 11) is 0. The first-order valence-electron chi connectivity index (χ1n) is 9.11. The molecule has 7 heteroatoms. The Morgan fingerprint density at radius 1 is 1.00 bits per heavy atom. The topological polar surface area (TPSA) is 82.2 Å². The molecule has 7 nitrogen and oxygen atoms in total. The normalized spacial score (nSPS) is 15.6. The van der Waals surface area contributed by atoms with Gasteiger partial charge in [0.25, 0.3) is 11.5 Å². The molecule has 1 fully saturated rings. The van der Waals surface area contributed by atoms with Gasteiger partial charge >= 0.3 is 0 Å². The number of pyridine rings is 1. The number of nitrogens with one attached hydrogen (secondary N) is 1. The number of rotatable bonds is 3. The molecule has 1 saturated heterocycles. The summed E-state index contributed by atoms with van der Waals surface area (Å²) in [5, 5.41) is 7.58. The molecular formula is C20H21N5O2. The fraction of sp³-hybridized carbons (Fsp3) is 0.300. The van der Waals surface area contributed by atoms with Crippen LogP contribution in [0.1, 0.15) is 22.6 Å². The SMILES string of the molecule is O=C(c1n[nH]c(=O)c2ccccc12)N1CCCN(Cc2ccccn2)CC1. The van der Waals surface area contributed by atoms with Gasteiger partial charge in [0.05, 0.1) is 11.1 Å². The predicted molar refractivity (Wildman–Crippen MR) is 102 cm³/mol. The van der Waals surface area contributed by atoms with Gasteiger partial charge in [-0.15, -0.1) is 0 Å². The number of hydrogen-bond acceptors (Lipinski definition) is 5. The molecule has 0 atom stereocenters. The minimum atomic E-state index is -0.278. The van der Waals surface area contributed by atoms with E-state index >= 15 is 0 Å². The number of hydrogen-bond donors (Lipinski definition) is 1. The van der Waals surface area contributed by atoms with Gasteiger partial charge in [-0.2, -0.15) is 5.10 Å². The highest BCUT2D eigenvalue weighted by Gasteiger charge is 2.23. The van der Waals surface area contributed by atoms with Crippen LogP contribution in [0.5, 0.6) is 0 Å². The Labute approximate surface area is 156 Å². The minimum Gasteiger partial charge on any atom is -0.336 e. The molecule has 0 spiro atoms. The highest BCUT2D eigenvalue weighted by Crippen LogP contribution is 2.16. The predicted octanol–water partition coefficient (Wildman–Crippen LogP) is 1.67. The summed E-state index contributed by atoms with van der Waals surface area (Å²) in [6, 6.07) is 13.0. The van der Waals surface area contributed by atoms with Gasteiger partial charge in [0.1, 0.15) is 0 Å². The first kappa shape index (κ1) is 17.4. The molecule has 0 radical (unpaired) electrons. The quantitative estimate of drug-likeness (QED) is 0.765. The third-order valence-corrected chi connectivity index (χ3v) is 4.89. The van der Waals surface area contributed by atoms with Gasteiger partial charge in [-0.3, -0.25) is 19.5 Å². The van der Waals surface area contributed by atoms with Crippen molar-refractivity contribution in [2.75, 3.05) is 26.2 Å². The zero-order chi connectivity index (χ0) is 18.6. The van der Waals surface area contributed by atoms with Crippen LogP contribution in [-0.2, 0) is 6.54 Å². The molecule has 0 unspecified atom stereocenters. The lowest BCUT2D eigenvalue weighted by atomic mass is 10.1. The smallest absolute Gasteiger partial charge is 0.274 e. The Kier molecular flexibility index (Phi) is 4.93. The van der Waals surface area contributed by atoms with E-state index in [9.17, 15) is 9.59 Å². The van der Waals surface area contributed by atoms with Gasteiger partial charge in [0.15, 0.2) is 5.69 Å². The van der Waals surface area contributed by atoms with E-state index in [2.05, 4.69) is 20.1 Å². The number of nitrogens with zero attached hydrogens (tertiary/aromatic N) is 4. The molecule has 0 bridgehead atoms. The van der Waals surface area contributed by atoms with Crippen LogP contribution in [0.3, 0.4) is 0 Å². The van der Waals surface area contributed by atoms with Crippen molar-refractivity contribution in [1.82, 2.24) is 25.0 Å². The largest absolute Gasteiger partial charge is 0.336 e. The van der Waals surface area contributed by atoms with Crippen LogP contribution in [0, 0.1) is 0 Å². The van der Waals surface area contributed by atoms with Gasteiger partial charge in [-0.25, -0.2) is 5.10 Å². The number of H-pyrrole nitrogens is 1. The van der Waals surface area contributed by atoms with Crippen LogP contribution in [0.2, 0.25) is 0 Å². The van der Waals surface area contributed by atoms with Crippen molar-refractivity contribution in [3.8, 4) is 0 Å². The van der Waals surface area contributed by atoms with Crippen LogP contribution in [0.15, 0.2) is 53.5 Å². The lowest BCUT2D eigenvalue weighted by Gasteiger charge is -2.21. The summed E-state index contributed by atoms with van der Waals surface area (Å²) in [4.78, 5) is 33.5. The zero-order valence-corrected chi connectivity index (χ0v) is 15.0. The molecule has 3 aromatic rings. The average molecular weight is 363 g/mol. The summed E-state index contributed by atoms with van der Waals surface area (Å²) >= 11 is 0. The molecule has 0 aliphatic carbocycles. The highest BCUT2D eigenvalue weighted by atomic mass is 16.2.